The fourth-order valence-corrected chi connectivity index (χ4v) is 3.97. The molecule has 1 N–H and O–H groups in total. The van der Waals surface area contributed by atoms with Crippen molar-refractivity contribution < 1.29 is 24.2 Å². The first-order valence-corrected chi connectivity index (χ1v) is 10.4. The van der Waals surface area contributed by atoms with Gasteiger partial charge in [-0.25, -0.2) is 0 Å². The molecular weight excluding hydrogens is 420 g/mol. The van der Waals surface area contributed by atoms with Crippen molar-refractivity contribution in [1.82, 2.24) is 9.88 Å². The Hall–Kier alpha value is -4.13. The molecule has 2 heterocycles. The van der Waals surface area contributed by atoms with Crippen LogP contribution in [0.5, 0.6) is 11.5 Å². The number of aromatic nitrogens is 1. The number of carbonyl (C=O) groups excluding carboxylic acids is 2. The minimum Gasteiger partial charge on any atom is -0.507 e. The second kappa shape index (κ2) is 9.16. The number of aliphatic hydroxyl groups excluding tert-OH is 1. The van der Waals surface area contributed by atoms with Crippen molar-refractivity contribution in [2.45, 2.75) is 19.5 Å². The number of aryl methyl sites for hydroxylation is 1. The van der Waals surface area contributed by atoms with E-state index in [2.05, 4.69) is 4.98 Å². The number of rotatable bonds is 6. The number of amides is 1. The molecule has 0 unspecified atom stereocenters. The van der Waals surface area contributed by atoms with Gasteiger partial charge in [0.25, 0.3) is 11.7 Å². The second-order valence-electron chi connectivity index (χ2n) is 7.77. The molecule has 1 saturated heterocycles. The number of benzene rings is 2. The highest BCUT2D eigenvalue weighted by Crippen LogP contribution is 2.42. The Balaban J connectivity index is 1.89. The van der Waals surface area contributed by atoms with Crippen LogP contribution in [-0.4, -0.2) is 40.9 Å². The van der Waals surface area contributed by atoms with Crippen LogP contribution < -0.4 is 9.47 Å². The highest BCUT2D eigenvalue weighted by atomic mass is 16.5. The highest BCUT2D eigenvalue weighted by Gasteiger charge is 2.46. The van der Waals surface area contributed by atoms with Crippen molar-refractivity contribution >= 4 is 17.4 Å². The molecule has 33 heavy (non-hydrogen) atoms. The summed E-state index contributed by atoms with van der Waals surface area (Å²) in [5, 5.41) is 11.2. The molecule has 0 aliphatic carbocycles. The zero-order valence-electron chi connectivity index (χ0n) is 18.6. The zero-order valence-corrected chi connectivity index (χ0v) is 18.6. The molecule has 2 aromatic carbocycles. The lowest BCUT2D eigenvalue weighted by Crippen LogP contribution is -2.29. The normalized spacial score (nSPS) is 17.3. The van der Waals surface area contributed by atoms with E-state index in [4.69, 9.17) is 9.47 Å². The van der Waals surface area contributed by atoms with Crippen LogP contribution in [0.15, 0.2) is 72.6 Å². The Kier molecular flexibility index (Phi) is 6.13. The van der Waals surface area contributed by atoms with Crippen molar-refractivity contribution in [3.63, 3.8) is 0 Å². The van der Waals surface area contributed by atoms with E-state index in [-0.39, 0.29) is 17.9 Å². The summed E-state index contributed by atoms with van der Waals surface area (Å²) in [6, 6.07) is 15.1. The van der Waals surface area contributed by atoms with Gasteiger partial charge in [-0.05, 0) is 36.2 Å². The van der Waals surface area contributed by atoms with Crippen molar-refractivity contribution in [3.8, 4) is 11.5 Å². The molecule has 1 fully saturated rings. The maximum absolute atomic E-state index is 13.2. The molecule has 1 atom stereocenters. The van der Waals surface area contributed by atoms with E-state index in [1.165, 1.54) is 19.1 Å². The van der Waals surface area contributed by atoms with E-state index in [9.17, 15) is 14.7 Å². The van der Waals surface area contributed by atoms with Crippen LogP contribution in [0.4, 0.5) is 0 Å². The maximum atomic E-state index is 13.2. The lowest BCUT2D eigenvalue weighted by molar-refractivity contribution is -0.140. The average Bonchev–Trinajstić information content (AvgIpc) is 3.09. The molecule has 7 heteroatoms. The molecule has 1 aromatic heterocycles. The molecule has 0 bridgehead atoms. The van der Waals surface area contributed by atoms with E-state index in [1.807, 2.05) is 25.1 Å². The molecule has 0 spiro atoms. The van der Waals surface area contributed by atoms with Crippen LogP contribution >= 0.6 is 0 Å². The monoisotopic (exact) mass is 444 g/mol. The third-order valence-corrected chi connectivity index (χ3v) is 5.66. The Labute approximate surface area is 191 Å². The van der Waals surface area contributed by atoms with Crippen molar-refractivity contribution in [2.24, 2.45) is 0 Å². The fraction of sp³-hybridized carbons (Fsp3) is 0.192. The first-order valence-electron chi connectivity index (χ1n) is 10.4. The van der Waals surface area contributed by atoms with Gasteiger partial charge < -0.3 is 19.5 Å². The molecule has 1 aliphatic rings. The molecule has 1 amide bonds. The molecular formula is C26H24N2O5. The van der Waals surface area contributed by atoms with E-state index in [0.29, 0.717) is 22.6 Å². The topological polar surface area (TPSA) is 89.0 Å². The summed E-state index contributed by atoms with van der Waals surface area (Å²) in [6.07, 6.45) is 3.28. The van der Waals surface area contributed by atoms with Crippen molar-refractivity contribution in [1.29, 1.82) is 0 Å². The lowest BCUT2D eigenvalue weighted by Gasteiger charge is -2.26. The summed E-state index contributed by atoms with van der Waals surface area (Å²) in [5.41, 5.74) is 2.88. The first kappa shape index (κ1) is 22.1. The Bertz CT molecular complexity index is 1220. The van der Waals surface area contributed by atoms with E-state index in [1.54, 1.807) is 48.8 Å². The maximum Gasteiger partial charge on any atom is 0.295 e. The van der Waals surface area contributed by atoms with Crippen LogP contribution in [0.1, 0.15) is 28.3 Å². The van der Waals surface area contributed by atoms with Crippen molar-refractivity contribution in [2.75, 3.05) is 14.2 Å². The second-order valence-corrected chi connectivity index (χ2v) is 7.77. The largest absolute Gasteiger partial charge is 0.507 e. The van der Waals surface area contributed by atoms with Gasteiger partial charge in [0.1, 0.15) is 5.76 Å². The van der Waals surface area contributed by atoms with Crippen LogP contribution in [0.2, 0.25) is 0 Å². The van der Waals surface area contributed by atoms with Crippen LogP contribution in [0, 0.1) is 6.92 Å². The summed E-state index contributed by atoms with van der Waals surface area (Å²) >= 11 is 0. The van der Waals surface area contributed by atoms with Gasteiger partial charge in [-0.1, -0.05) is 42.0 Å². The van der Waals surface area contributed by atoms with Gasteiger partial charge in [0, 0.05) is 24.5 Å². The number of pyridine rings is 1. The summed E-state index contributed by atoms with van der Waals surface area (Å²) < 4.78 is 10.8. The molecule has 1 aliphatic heterocycles. The number of aliphatic hydroxyl groups is 1. The summed E-state index contributed by atoms with van der Waals surface area (Å²) in [4.78, 5) is 31.8. The van der Waals surface area contributed by atoms with E-state index in [0.717, 1.165) is 11.1 Å². The third kappa shape index (κ3) is 4.17. The number of hydrogen-bond acceptors (Lipinski definition) is 6. The zero-order chi connectivity index (χ0) is 23.5. The number of ether oxygens (including phenoxy) is 2. The summed E-state index contributed by atoms with van der Waals surface area (Å²) in [6.45, 7) is 2.09. The summed E-state index contributed by atoms with van der Waals surface area (Å²) in [7, 11) is 3.05. The quantitative estimate of drug-likeness (QED) is 0.351. The number of ketones is 1. The van der Waals surface area contributed by atoms with Gasteiger partial charge in [0.2, 0.25) is 0 Å². The molecule has 3 aromatic rings. The minimum absolute atomic E-state index is 0.0277. The van der Waals surface area contributed by atoms with Gasteiger partial charge in [0.05, 0.1) is 25.8 Å². The molecule has 0 saturated carbocycles. The standard InChI is InChI=1S/C26H24N2O5/c1-16-6-8-18(9-7-16)24(29)22-23(19-10-11-20(32-2)21(13-19)33-3)28(26(31)25(22)30)15-17-5-4-12-27-14-17/h4-14,23,29H,15H2,1-3H3/t23-/m1/s1. The minimum atomic E-state index is -0.814. The number of methoxy groups -OCH3 is 2. The number of likely N-dealkylation sites (tertiary alicyclic amines) is 1. The van der Waals surface area contributed by atoms with Gasteiger partial charge in [0.15, 0.2) is 11.5 Å². The molecule has 0 radical (unpaired) electrons. The smallest absolute Gasteiger partial charge is 0.295 e. The van der Waals surface area contributed by atoms with E-state index < -0.39 is 17.7 Å². The Morgan fingerprint density at radius 2 is 1.76 bits per heavy atom. The predicted molar refractivity (Wildman–Crippen MR) is 123 cm³/mol. The summed E-state index contributed by atoms with van der Waals surface area (Å²) in [5.74, 6) is -0.674. The number of carbonyl (C=O) groups is 2. The van der Waals surface area contributed by atoms with Crippen molar-refractivity contribution in [3.05, 3.63) is 94.8 Å². The van der Waals surface area contributed by atoms with Crippen LogP contribution in [0.3, 0.4) is 0 Å². The fourth-order valence-electron chi connectivity index (χ4n) is 3.97. The van der Waals surface area contributed by atoms with Gasteiger partial charge >= 0.3 is 0 Å². The molecule has 168 valence electrons. The molecule has 4 rings (SSSR count). The highest BCUT2D eigenvalue weighted by molar-refractivity contribution is 6.46. The van der Waals surface area contributed by atoms with Crippen LogP contribution in [-0.2, 0) is 16.1 Å². The van der Waals surface area contributed by atoms with Gasteiger partial charge in [-0.15, -0.1) is 0 Å². The van der Waals surface area contributed by atoms with Gasteiger partial charge in [-0.3, -0.25) is 14.6 Å². The molecule has 7 nitrogen and oxygen atoms in total. The lowest BCUT2D eigenvalue weighted by atomic mass is 9.94. The van der Waals surface area contributed by atoms with E-state index >= 15 is 0 Å². The SMILES string of the molecule is COc1ccc([C@@H]2C(=C(O)c3ccc(C)cc3)C(=O)C(=O)N2Cc2cccnc2)cc1OC. The average molecular weight is 444 g/mol. The number of nitrogens with zero attached hydrogens (tertiary/aromatic N) is 2. The van der Waals surface area contributed by atoms with Crippen LogP contribution in [0.25, 0.3) is 5.76 Å². The number of hydrogen-bond donors (Lipinski definition) is 1. The Morgan fingerprint density at radius 1 is 1.03 bits per heavy atom. The number of Topliss-reactive ketones (excluding diaryl/α,β-unsaturated/α-hetero) is 1. The predicted octanol–water partition coefficient (Wildman–Crippen LogP) is 4.03. The third-order valence-electron chi connectivity index (χ3n) is 5.66. The first-order chi connectivity index (χ1) is 15.9. The van der Waals surface area contributed by atoms with Gasteiger partial charge in [-0.2, -0.15) is 0 Å². The Morgan fingerprint density at radius 3 is 2.39 bits per heavy atom.